The van der Waals surface area contributed by atoms with Gasteiger partial charge in [-0.1, -0.05) is 29.3 Å². The van der Waals surface area contributed by atoms with Gasteiger partial charge >= 0.3 is 0 Å². The Bertz CT molecular complexity index is 993. The van der Waals surface area contributed by atoms with E-state index in [1.807, 2.05) is 17.5 Å². The zero-order valence-corrected chi connectivity index (χ0v) is 16.3. The predicted octanol–water partition coefficient (Wildman–Crippen LogP) is 4.65. The molecular formula is C18H15Cl2N3O2S. The van der Waals surface area contributed by atoms with E-state index in [9.17, 15) is 9.59 Å². The molecule has 3 aromatic rings. The molecule has 8 heteroatoms. The van der Waals surface area contributed by atoms with Gasteiger partial charge in [0, 0.05) is 21.8 Å². The molecule has 0 unspecified atom stereocenters. The lowest BCUT2D eigenvalue weighted by Gasteiger charge is -2.25. The molecule has 0 saturated heterocycles. The summed E-state index contributed by atoms with van der Waals surface area (Å²) in [5.74, 6) is -0.409. The number of hydrogen-bond donors (Lipinski definition) is 1. The van der Waals surface area contributed by atoms with Gasteiger partial charge in [-0.25, -0.2) is 4.68 Å². The van der Waals surface area contributed by atoms with Gasteiger partial charge in [0.05, 0.1) is 4.88 Å². The van der Waals surface area contributed by atoms with Crippen molar-refractivity contribution in [1.82, 2.24) is 9.78 Å². The highest BCUT2D eigenvalue weighted by atomic mass is 35.5. The number of aromatic nitrogens is 2. The summed E-state index contributed by atoms with van der Waals surface area (Å²) in [7, 11) is 0. The number of hydrogen-bond acceptors (Lipinski definition) is 4. The van der Waals surface area contributed by atoms with E-state index in [4.69, 9.17) is 23.2 Å². The smallest absolute Gasteiger partial charge is 0.267 e. The van der Waals surface area contributed by atoms with Crippen molar-refractivity contribution in [2.45, 2.75) is 19.4 Å². The van der Waals surface area contributed by atoms with Crippen LogP contribution >= 0.6 is 34.5 Å². The summed E-state index contributed by atoms with van der Waals surface area (Å²) in [4.78, 5) is 26.1. The molecule has 0 fully saturated rings. The predicted molar refractivity (Wildman–Crippen MR) is 106 cm³/mol. The molecule has 2 aromatic heterocycles. The van der Waals surface area contributed by atoms with Crippen molar-refractivity contribution in [3.63, 3.8) is 0 Å². The maximum absolute atomic E-state index is 12.8. The quantitative estimate of drug-likeness (QED) is 0.684. The molecule has 2 heterocycles. The second-order valence-electron chi connectivity index (χ2n) is 6.12. The van der Waals surface area contributed by atoms with Crippen LogP contribution in [0.25, 0.3) is 10.6 Å². The first-order valence-electron chi connectivity index (χ1n) is 7.69. The zero-order chi connectivity index (χ0) is 18.9. The van der Waals surface area contributed by atoms with Gasteiger partial charge in [-0.3, -0.25) is 9.59 Å². The second-order valence-corrected chi connectivity index (χ2v) is 7.94. The minimum atomic E-state index is -1.22. The minimum Gasteiger partial charge on any atom is -0.324 e. The lowest BCUT2D eigenvalue weighted by molar-refractivity contribution is -0.123. The molecule has 134 valence electrons. The highest BCUT2D eigenvalue weighted by Crippen LogP contribution is 2.25. The van der Waals surface area contributed by atoms with E-state index in [0.29, 0.717) is 21.4 Å². The molecule has 0 aliphatic heterocycles. The first kappa shape index (κ1) is 18.6. The van der Waals surface area contributed by atoms with Crippen LogP contribution in [0.2, 0.25) is 10.0 Å². The lowest BCUT2D eigenvalue weighted by Crippen LogP contribution is -2.47. The molecule has 0 aliphatic rings. The third kappa shape index (κ3) is 3.82. The fourth-order valence-electron chi connectivity index (χ4n) is 2.37. The number of benzene rings is 1. The number of rotatable bonds is 4. The van der Waals surface area contributed by atoms with E-state index in [1.54, 1.807) is 38.1 Å². The maximum Gasteiger partial charge on any atom is 0.267 e. The Kier molecular flexibility index (Phi) is 5.18. The van der Waals surface area contributed by atoms with Gasteiger partial charge in [0.15, 0.2) is 0 Å². The molecule has 0 radical (unpaired) electrons. The molecule has 1 N–H and O–H groups in total. The van der Waals surface area contributed by atoms with Crippen LogP contribution in [0.1, 0.15) is 13.8 Å². The van der Waals surface area contributed by atoms with E-state index in [0.717, 1.165) is 4.88 Å². The zero-order valence-electron chi connectivity index (χ0n) is 14.0. The molecule has 1 amide bonds. The Morgan fingerprint density at radius 1 is 1.15 bits per heavy atom. The van der Waals surface area contributed by atoms with E-state index in [2.05, 4.69) is 10.4 Å². The molecule has 5 nitrogen and oxygen atoms in total. The third-order valence-corrected chi connectivity index (χ3v) is 5.11. The van der Waals surface area contributed by atoms with Crippen molar-refractivity contribution in [3.05, 3.63) is 68.2 Å². The van der Waals surface area contributed by atoms with Gasteiger partial charge in [0.25, 0.3) is 11.5 Å². The van der Waals surface area contributed by atoms with Crippen LogP contribution < -0.4 is 10.9 Å². The van der Waals surface area contributed by atoms with Crippen LogP contribution in [0.15, 0.2) is 52.6 Å². The Morgan fingerprint density at radius 3 is 2.46 bits per heavy atom. The Balaban J connectivity index is 1.95. The minimum absolute atomic E-state index is 0.366. The second kappa shape index (κ2) is 7.23. The number of amides is 1. The summed E-state index contributed by atoms with van der Waals surface area (Å²) in [5.41, 5.74) is -0.511. The number of carbonyl (C=O) groups is 1. The van der Waals surface area contributed by atoms with Crippen LogP contribution in [-0.4, -0.2) is 15.7 Å². The van der Waals surface area contributed by atoms with Crippen molar-refractivity contribution in [2.75, 3.05) is 5.32 Å². The number of anilines is 1. The van der Waals surface area contributed by atoms with Crippen molar-refractivity contribution in [3.8, 4) is 10.6 Å². The van der Waals surface area contributed by atoms with Crippen molar-refractivity contribution in [2.24, 2.45) is 0 Å². The average Bonchev–Trinajstić information content (AvgIpc) is 3.08. The van der Waals surface area contributed by atoms with E-state index in [-0.39, 0.29) is 5.56 Å². The summed E-state index contributed by atoms with van der Waals surface area (Å²) >= 11 is 13.4. The summed E-state index contributed by atoms with van der Waals surface area (Å²) in [6.45, 7) is 3.25. The van der Waals surface area contributed by atoms with E-state index < -0.39 is 11.4 Å². The van der Waals surface area contributed by atoms with Crippen LogP contribution in [0, 0.1) is 0 Å². The number of nitrogens with zero attached hydrogens (tertiary/aromatic N) is 2. The molecule has 3 rings (SSSR count). The molecule has 0 spiro atoms. The third-order valence-electron chi connectivity index (χ3n) is 3.78. The van der Waals surface area contributed by atoms with E-state index >= 15 is 0 Å². The Labute approximate surface area is 164 Å². The highest BCUT2D eigenvalue weighted by Gasteiger charge is 2.32. The SMILES string of the molecule is CC(C)(C(=O)Nc1cc(Cl)cc(Cl)c1)n1nc(-c2cccs2)ccc1=O. The van der Waals surface area contributed by atoms with Crippen molar-refractivity contribution in [1.29, 1.82) is 0 Å². The fraction of sp³-hybridized carbons (Fsp3) is 0.167. The molecule has 26 heavy (non-hydrogen) atoms. The first-order chi connectivity index (χ1) is 12.3. The summed E-state index contributed by atoms with van der Waals surface area (Å²) < 4.78 is 1.18. The van der Waals surface area contributed by atoms with Crippen LogP contribution in [0.4, 0.5) is 5.69 Å². The molecule has 0 saturated carbocycles. The van der Waals surface area contributed by atoms with Gasteiger partial charge in [0.2, 0.25) is 0 Å². The Morgan fingerprint density at radius 2 is 1.85 bits per heavy atom. The van der Waals surface area contributed by atoms with E-state index in [1.165, 1.54) is 22.1 Å². The molecule has 0 atom stereocenters. The Hall–Kier alpha value is -2.15. The number of thiophene rings is 1. The van der Waals surface area contributed by atoms with Crippen LogP contribution in [0.5, 0.6) is 0 Å². The standard InChI is InChI=1S/C18H15Cl2N3O2S/c1-18(2,17(25)21-13-9-11(19)8-12(20)10-13)23-16(24)6-5-14(22-23)15-4-3-7-26-15/h3-10H,1-2H3,(H,21,25). The number of nitrogens with one attached hydrogen (secondary N) is 1. The molecule has 1 aromatic carbocycles. The van der Waals surface area contributed by atoms with Crippen molar-refractivity contribution < 1.29 is 4.79 Å². The molecule has 0 aliphatic carbocycles. The van der Waals surface area contributed by atoms with Crippen LogP contribution in [-0.2, 0) is 10.3 Å². The monoisotopic (exact) mass is 407 g/mol. The maximum atomic E-state index is 12.8. The fourth-order valence-corrected chi connectivity index (χ4v) is 3.59. The van der Waals surface area contributed by atoms with Gasteiger partial charge in [-0.15, -0.1) is 11.3 Å². The van der Waals surface area contributed by atoms with Crippen LogP contribution in [0.3, 0.4) is 0 Å². The lowest BCUT2D eigenvalue weighted by atomic mass is 10.0. The normalized spacial score (nSPS) is 11.4. The topological polar surface area (TPSA) is 64.0 Å². The van der Waals surface area contributed by atoms with Crippen molar-refractivity contribution >= 4 is 46.1 Å². The average molecular weight is 408 g/mol. The number of halogens is 2. The summed E-state index contributed by atoms with van der Waals surface area (Å²) in [5, 5.41) is 9.86. The van der Waals surface area contributed by atoms with Gasteiger partial charge < -0.3 is 5.32 Å². The van der Waals surface area contributed by atoms with Gasteiger partial charge in [0.1, 0.15) is 11.2 Å². The highest BCUT2D eigenvalue weighted by molar-refractivity contribution is 7.13. The summed E-state index contributed by atoms with van der Waals surface area (Å²) in [6, 6.07) is 11.6. The number of carbonyl (C=O) groups excluding carboxylic acids is 1. The summed E-state index contributed by atoms with van der Waals surface area (Å²) in [6.07, 6.45) is 0. The first-order valence-corrected chi connectivity index (χ1v) is 9.33. The van der Waals surface area contributed by atoms with Gasteiger partial charge in [-0.05, 0) is 49.6 Å². The molecule has 0 bridgehead atoms. The molecular weight excluding hydrogens is 393 g/mol. The van der Waals surface area contributed by atoms with Gasteiger partial charge in [-0.2, -0.15) is 5.10 Å². The largest absolute Gasteiger partial charge is 0.324 e.